The predicted molar refractivity (Wildman–Crippen MR) is 67.8 cm³/mol. The van der Waals surface area contributed by atoms with E-state index in [2.05, 4.69) is 17.9 Å². The summed E-state index contributed by atoms with van der Waals surface area (Å²) in [6.07, 6.45) is 0. The minimum absolute atomic E-state index is 0.288. The van der Waals surface area contributed by atoms with Crippen LogP contribution < -0.4 is 4.74 Å². The van der Waals surface area contributed by atoms with Crippen LogP contribution in [0.15, 0.2) is 41.8 Å². The van der Waals surface area contributed by atoms with Gasteiger partial charge in [0.2, 0.25) is 0 Å². The summed E-state index contributed by atoms with van der Waals surface area (Å²) in [6.45, 7) is 0.288. The average molecular weight is 239 g/mol. The molecule has 1 aromatic heterocycles. The number of ether oxygens (including phenoxy) is 1. The minimum atomic E-state index is 0.288. The molecule has 2 nitrogen and oxygen atoms in total. The first-order valence-corrected chi connectivity index (χ1v) is 5.92. The highest BCUT2D eigenvalue weighted by molar-refractivity contribution is 7.10. The van der Waals surface area contributed by atoms with E-state index in [1.54, 1.807) is 23.5 Å². The molecular formula is C14H9NOS. The van der Waals surface area contributed by atoms with Gasteiger partial charge in [-0.1, -0.05) is 30.0 Å². The molecular weight excluding hydrogens is 230 g/mol. The van der Waals surface area contributed by atoms with Crippen LogP contribution in [0, 0.1) is 23.2 Å². The van der Waals surface area contributed by atoms with E-state index in [0.29, 0.717) is 11.3 Å². The first-order valence-electron chi connectivity index (χ1n) is 5.04. The van der Waals surface area contributed by atoms with Crippen LogP contribution in [0.2, 0.25) is 0 Å². The zero-order valence-corrected chi connectivity index (χ0v) is 9.83. The molecule has 2 rings (SSSR count). The molecule has 0 saturated carbocycles. The SMILES string of the molecule is N#Cc1ccccc1OCC#Cc1cccs1. The fourth-order valence-corrected chi connectivity index (χ4v) is 1.86. The van der Waals surface area contributed by atoms with E-state index in [4.69, 9.17) is 10.00 Å². The lowest BCUT2D eigenvalue weighted by Crippen LogP contribution is -1.95. The minimum Gasteiger partial charge on any atom is -0.480 e. The Morgan fingerprint density at radius 3 is 2.82 bits per heavy atom. The van der Waals surface area contributed by atoms with E-state index in [1.165, 1.54) is 0 Å². The Morgan fingerprint density at radius 2 is 2.06 bits per heavy atom. The number of nitriles is 1. The zero-order chi connectivity index (χ0) is 11.9. The summed E-state index contributed by atoms with van der Waals surface area (Å²) in [7, 11) is 0. The van der Waals surface area contributed by atoms with Crippen molar-refractivity contribution in [3.8, 4) is 23.7 Å². The van der Waals surface area contributed by atoms with Gasteiger partial charge in [0.25, 0.3) is 0 Å². The maximum absolute atomic E-state index is 8.86. The summed E-state index contributed by atoms with van der Waals surface area (Å²) < 4.78 is 5.43. The average Bonchev–Trinajstić information content (AvgIpc) is 2.88. The molecule has 1 aromatic carbocycles. The zero-order valence-electron chi connectivity index (χ0n) is 9.01. The quantitative estimate of drug-likeness (QED) is 0.755. The molecule has 0 bridgehead atoms. The van der Waals surface area contributed by atoms with E-state index >= 15 is 0 Å². The molecule has 0 radical (unpaired) electrons. The van der Waals surface area contributed by atoms with E-state index in [0.717, 1.165) is 4.88 Å². The molecule has 2 aromatic rings. The molecule has 0 atom stereocenters. The van der Waals surface area contributed by atoms with Gasteiger partial charge in [0.05, 0.1) is 10.4 Å². The van der Waals surface area contributed by atoms with Crippen molar-refractivity contribution in [1.82, 2.24) is 0 Å². The second-order valence-electron chi connectivity index (χ2n) is 3.18. The monoisotopic (exact) mass is 239 g/mol. The van der Waals surface area contributed by atoms with Crippen LogP contribution in [0.5, 0.6) is 5.75 Å². The van der Waals surface area contributed by atoms with E-state index in [9.17, 15) is 0 Å². The molecule has 82 valence electrons. The highest BCUT2D eigenvalue weighted by Gasteiger charge is 1.99. The molecule has 0 aliphatic heterocycles. The maximum atomic E-state index is 8.86. The number of nitrogens with zero attached hydrogens (tertiary/aromatic N) is 1. The lowest BCUT2D eigenvalue weighted by atomic mass is 10.2. The first-order chi connectivity index (χ1) is 8.40. The van der Waals surface area contributed by atoms with Crippen molar-refractivity contribution in [2.75, 3.05) is 6.61 Å². The lowest BCUT2D eigenvalue weighted by molar-refractivity contribution is 0.369. The van der Waals surface area contributed by atoms with Crippen molar-refractivity contribution in [1.29, 1.82) is 5.26 Å². The first kappa shape index (κ1) is 11.3. The summed E-state index contributed by atoms with van der Waals surface area (Å²) in [6, 6.07) is 13.1. The van der Waals surface area contributed by atoms with Crippen molar-refractivity contribution >= 4 is 11.3 Å². The van der Waals surface area contributed by atoms with Crippen molar-refractivity contribution in [2.24, 2.45) is 0 Å². The molecule has 0 fully saturated rings. The van der Waals surface area contributed by atoms with Gasteiger partial charge in [-0.3, -0.25) is 0 Å². The molecule has 1 heterocycles. The van der Waals surface area contributed by atoms with Crippen LogP contribution in [0.25, 0.3) is 0 Å². The van der Waals surface area contributed by atoms with Gasteiger partial charge in [0.1, 0.15) is 18.4 Å². The summed E-state index contributed by atoms with van der Waals surface area (Å²) in [5, 5.41) is 10.8. The van der Waals surface area contributed by atoms with E-state index < -0.39 is 0 Å². The second-order valence-corrected chi connectivity index (χ2v) is 4.12. The van der Waals surface area contributed by atoms with Crippen LogP contribution in [0.4, 0.5) is 0 Å². The molecule has 17 heavy (non-hydrogen) atoms. The number of benzene rings is 1. The standard InChI is InChI=1S/C14H9NOS/c15-11-12-5-1-2-8-14(12)16-9-3-6-13-7-4-10-17-13/h1-2,4-5,7-8,10H,9H2. The molecule has 0 unspecified atom stereocenters. The normalized spacial score (nSPS) is 8.88. The second kappa shape index (κ2) is 5.75. The van der Waals surface area contributed by atoms with E-state index in [-0.39, 0.29) is 6.61 Å². The van der Waals surface area contributed by atoms with Crippen molar-refractivity contribution in [3.05, 3.63) is 52.2 Å². The fourth-order valence-electron chi connectivity index (χ4n) is 1.27. The Bertz CT molecular complexity index is 585. The Balaban J connectivity index is 1.97. The molecule has 0 aliphatic rings. The van der Waals surface area contributed by atoms with Gasteiger partial charge in [-0.25, -0.2) is 0 Å². The largest absolute Gasteiger partial charge is 0.480 e. The van der Waals surface area contributed by atoms with E-state index in [1.807, 2.05) is 29.6 Å². The van der Waals surface area contributed by atoms with Gasteiger partial charge in [0, 0.05) is 0 Å². The third-order valence-electron chi connectivity index (χ3n) is 2.04. The highest BCUT2D eigenvalue weighted by Crippen LogP contribution is 2.16. The Labute approximate surface area is 104 Å². The van der Waals surface area contributed by atoms with Crippen molar-refractivity contribution in [3.63, 3.8) is 0 Å². The summed E-state index contributed by atoms with van der Waals surface area (Å²) in [5.41, 5.74) is 0.533. The Morgan fingerprint density at radius 1 is 1.18 bits per heavy atom. The van der Waals surface area contributed by atoms with Gasteiger partial charge in [-0.15, -0.1) is 11.3 Å². The van der Waals surface area contributed by atoms with Crippen molar-refractivity contribution in [2.45, 2.75) is 0 Å². The summed E-state index contributed by atoms with van der Waals surface area (Å²) in [4.78, 5) is 1.02. The predicted octanol–water partition coefficient (Wildman–Crippen LogP) is 3.05. The summed E-state index contributed by atoms with van der Waals surface area (Å²) in [5.74, 6) is 6.49. The fraction of sp³-hybridized carbons (Fsp3) is 0.0714. The van der Waals surface area contributed by atoms with Gasteiger partial charge >= 0.3 is 0 Å². The Kier molecular flexibility index (Phi) is 3.81. The van der Waals surface area contributed by atoms with Gasteiger partial charge in [-0.2, -0.15) is 5.26 Å². The van der Waals surface area contributed by atoms with Crippen LogP contribution in [0.1, 0.15) is 10.4 Å². The lowest BCUT2D eigenvalue weighted by Gasteiger charge is -2.02. The van der Waals surface area contributed by atoms with Gasteiger partial charge in [-0.05, 0) is 23.6 Å². The smallest absolute Gasteiger partial charge is 0.149 e. The number of rotatable bonds is 2. The maximum Gasteiger partial charge on any atom is 0.149 e. The van der Waals surface area contributed by atoms with Gasteiger partial charge < -0.3 is 4.74 Å². The third kappa shape index (κ3) is 3.11. The number of hydrogen-bond donors (Lipinski definition) is 0. The topological polar surface area (TPSA) is 33.0 Å². The molecule has 0 N–H and O–H groups in total. The third-order valence-corrected chi connectivity index (χ3v) is 2.83. The molecule has 0 saturated heterocycles. The number of thiophene rings is 1. The number of hydrogen-bond acceptors (Lipinski definition) is 3. The number of para-hydroxylation sites is 1. The van der Waals surface area contributed by atoms with Crippen LogP contribution in [-0.4, -0.2) is 6.61 Å². The Hall–Kier alpha value is -2.23. The van der Waals surface area contributed by atoms with Crippen LogP contribution >= 0.6 is 11.3 Å². The van der Waals surface area contributed by atoms with Crippen LogP contribution in [-0.2, 0) is 0 Å². The molecule has 0 aliphatic carbocycles. The molecule has 0 amide bonds. The molecule has 3 heteroatoms. The summed E-state index contributed by atoms with van der Waals surface area (Å²) >= 11 is 1.60. The van der Waals surface area contributed by atoms with Gasteiger partial charge in [0.15, 0.2) is 0 Å². The van der Waals surface area contributed by atoms with Crippen LogP contribution in [0.3, 0.4) is 0 Å². The highest BCUT2D eigenvalue weighted by atomic mass is 32.1. The molecule has 0 spiro atoms. The van der Waals surface area contributed by atoms with Crippen molar-refractivity contribution < 1.29 is 4.74 Å².